The topological polar surface area (TPSA) is 43.4 Å². The standard InChI is InChI=1S/C12H16Cl2O3S/c1-12(2,3)6-7-17-11-5-4-9(8-10(11)13)18(14,15)16/h4-5,8H,6-7H2,1-3H3. The summed E-state index contributed by atoms with van der Waals surface area (Å²) >= 11 is 5.94. The second-order valence-electron chi connectivity index (χ2n) is 5.19. The zero-order chi connectivity index (χ0) is 14.0. The van der Waals surface area contributed by atoms with Crippen LogP contribution in [-0.2, 0) is 9.05 Å². The summed E-state index contributed by atoms with van der Waals surface area (Å²) in [5.74, 6) is 0.463. The minimum Gasteiger partial charge on any atom is -0.492 e. The SMILES string of the molecule is CC(C)(C)CCOc1ccc(S(=O)(=O)Cl)cc1Cl. The van der Waals surface area contributed by atoms with Crippen LogP contribution >= 0.6 is 22.3 Å². The Bertz CT molecular complexity index is 519. The maximum atomic E-state index is 11.1. The van der Waals surface area contributed by atoms with Gasteiger partial charge in [-0.3, -0.25) is 0 Å². The molecule has 0 atom stereocenters. The van der Waals surface area contributed by atoms with Crippen LogP contribution in [0.1, 0.15) is 27.2 Å². The predicted molar refractivity (Wildman–Crippen MR) is 74.1 cm³/mol. The van der Waals surface area contributed by atoms with Gasteiger partial charge in [0.25, 0.3) is 9.05 Å². The average molecular weight is 311 g/mol. The molecule has 0 unspecified atom stereocenters. The van der Waals surface area contributed by atoms with E-state index in [0.717, 1.165) is 6.42 Å². The largest absolute Gasteiger partial charge is 0.492 e. The molecule has 102 valence electrons. The highest BCUT2D eigenvalue weighted by Gasteiger charge is 2.14. The number of benzene rings is 1. The molecule has 0 spiro atoms. The van der Waals surface area contributed by atoms with Crippen molar-refractivity contribution >= 4 is 31.3 Å². The monoisotopic (exact) mass is 310 g/mol. The van der Waals surface area contributed by atoms with Crippen molar-refractivity contribution in [3.8, 4) is 5.75 Å². The smallest absolute Gasteiger partial charge is 0.261 e. The van der Waals surface area contributed by atoms with Crippen molar-refractivity contribution in [1.82, 2.24) is 0 Å². The highest BCUT2D eigenvalue weighted by molar-refractivity contribution is 8.13. The van der Waals surface area contributed by atoms with E-state index in [-0.39, 0.29) is 15.3 Å². The first-order chi connectivity index (χ1) is 8.09. The molecule has 1 rings (SSSR count). The van der Waals surface area contributed by atoms with Crippen molar-refractivity contribution in [2.24, 2.45) is 5.41 Å². The van der Waals surface area contributed by atoms with E-state index in [4.69, 9.17) is 27.0 Å². The Morgan fingerprint density at radius 2 is 1.89 bits per heavy atom. The van der Waals surface area contributed by atoms with Gasteiger partial charge in [-0.05, 0) is 30.0 Å². The van der Waals surface area contributed by atoms with Gasteiger partial charge in [0.15, 0.2) is 0 Å². The first kappa shape index (κ1) is 15.6. The lowest BCUT2D eigenvalue weighted by molar-refractivity contribution is 0.243. The van der Waals surface area contributed by atoms with E-state index < -0.39 is 9.05 Å². The van der Waals surface area contributed by atoms with Crippen LogP contribution in [0.15, 0.2) is 23.1 Å². The van der Waals surface area contributed by atoms with Crippen LogP contribution in [0.3, 0.4) is 0 Å². The maximum Gasteiger partial charge on any atom is 0.261 e. The highest BCUT2D eigenvalue weighted by atomic mass is 35.7. The number of halogens is 2. The molecule has 18 heavy (non-hydrogen) atoms. The zero-order valence-corrected chi connectivity index (χ0v) is 12.9. The molecule has 0 amide bonds. The molecule has 3 nitrogen and oxygen atoms in total. The van der Waals surface area contributed by atoms with E-state index in [1.54, 1.807) is 0 Å². The van der Waals surface area contributed by atoms with Gasteiger partial charge in [-0.1, -0.05) is 32.4 Å². The molecular weight excluding hydrogens is 295 g/mol. The van der Waals surface area contributed by atoms with Gasteiger partial charge >= 0.3 is 0 Å². The number of ether oxygens (including phenoxy) is 1. The molecule has 0 radical (unpaired) electrons. The van der Waals surface area contributed by atoms with Crippen LogP contribution in [0.5, 0.6) is 5.75 Å². The molecule has 0 aromatic heterocycles. The van der Waals surface area contributed by atoms with Crippen molar-refractivity contribution in [3.63, 3.8) is 0 Å². The first-order valence-electron chi connectivity index (χ1n) is 5.47. The summed E-state index contributed by atoms with van der Waals surface area (Å²) in [6, 6.07) is 4.18. The lowest BCUT2D eigenvalue weighted by atomic mass is 9.93. The van der Waals surface area contributed by atoms with Crippen LogP contribution in [0.2, 0.25) is 5.02 Å². The quantitative estimate of drug-likeness (QED) is 0.787. The van der Waals surface area contributed by atoms with Gasteiger partial charge in [-0.25, -0.2) is 8.42 Å². The molecule has 0 saturated carbocycles. The van der Waals surface area contributed by atoms with Crippen LogP contribution in [0.4, 0.5) is 0 Å². The minimum absolute atomic E-state index is 0.0302. The van der Waals surface area contributed by atoms with Crippen molar-refractivity contribution in [3.05, 3.63) is 23.2 Å². The fraction of sp³-hybridized carbons (Fsp3) is 0.500. The Labute approximate surface area is 117 Å². The fourth-order valence-electron chi connectivity index (χ4n) is 1.22. The minimum atomic E-state index is -3.75. The third-order valence-electron chi connectivity index (χ3n) is 2.29. The third-order valence-corrected chi connectivity index (χ3v) is 3.94. The zero-order valence-electron chi connectivity index (χ0n) is 10.5. The van der Waals surface area contributed by atoms with Crippen molar-refractivity contribution < 1.29 is 13.2 Å². The summed E-state index contributed by atoms with van der Waals surface area (Å²) in [4.78, 5) is -0.0302. The molecule has 0 aliphatic rings. The average Bonchev–Trinajstić information content (AvgIpc) is 2.17. The van der Waals surface area contributed by atoms with Crippen molar-refractivity contribution in [1.29, 1.82) is 0 Å². The Morgan fingerprint density at radius 1 is 1.28 bits per heavy atom. The maximum absolute atomic E-state index is 11.1. The highest BCUT2D eigenvalue weighted by Crippen LogP contribution is 2.29. The molecule has 6 heteroatoms. The summed E-state index contributed by atoms with van der Waals surface area (Å²) in [6.07, 6.45) is 0.874. The fourth-order valence-corrected chi connectivity index (χ4v) is 2.29. The number of rotatable bonds is 4. The van der Waals surface area contributed by atoms with Crippen LogP contribution in [0, 0.1) is 5.41 Å². The summed E-state index contributed by atoms with van der Waals surface area (Å²) in [6.45, 7) is 6.86. The Balaban J connectivity index is 2.75. The second kappa shape index (κ2) is 5.68. The van der Waals surface area contributed by atoms with E-state index in [9.17, 15) is 8.42 Å². The van der Waals surface area contributed by atoms with Crippen LogP contribution in [0.25, 0.3) is 0 Å². The summed E-state index contributed by atoms with van der Waals surface area (Å²) < 4.78 is 27.7. The number of hydrogen-bond acceptors (Lipinski definition) is 3. The van der Waals surface area contributed by atoms with Gasteiger partial charge < -0.3 is 4.74 Å². The van der Waals surface area contributed by atoms with Gasteiger partial charge in [-0.2, -0.15) is 0 Å². The van der Waals surface area contributed by atoms with Gasteiger partial charge in [-0.15, -0.1) is 0 Å². The predicted octanol–water partition coefficient (Wildman–Crippen LogP) is 4.08. The van der Waals surface area contributed by atoms with E-state index in [1.165, 1.54) is 18.2 Å². The molecule has 0 aliphatic carbocycles. The molecule has 1 aromatic rings. The van der Waals surface area contributed by atoms with Gasteiger partial charge in [0.05, 0.1) is 16.5 Å². The lowest BCUT2D eigenvalue weighted by Gasteiger charge is -2.18. The van der Waals surface area contributed by atoms with E-state index >= 15 is 0 Å². The lowest BCUT2D eigenvalue weighted by Crippen LogP contribution is -2.11. The molecule has 0 bridgehead atoms. The Morgan fingerprint density at radius 3 is 2.33 bits per heavy atom. The summed E-state index contributed by atoms with van der Waals surface area (Å²) in [7, 11) is 1.47. The van der Waals surface area contributed by atoms with E-state index in [2.05, 4.69) is 20.8 Å². The normalized spacial score (nSPS) is 12.5. The van der Waals surface area contributed by atoms with Gasteiger partial charge in [0.2, 0.25) is 0 Å². The Kier molecular flexibility index (Phi) is 4.92. The molecule has 0 N–H and O–H groups in total. The van der Waals surface area contributed by atoms with Crippen molar-refractivity contribution in [2.45, 2.75) is 32.1 Å². The summed E-state index contributed by atoms with van der Waals surface area (Å²) in [5.41, 5.74) is 0.173. The van der Waals surface area contributed by atoms with E-state index in [1.807, 2.05) is 0 Å². The van der Waals surface area contributed by atoms with Gasteiger partial charge in [0.1, 0.15) is 5.75 Å². The molecule has 0 aliphatic heterocycles. The molecule has 1 aromatic carbocycles. The second-order valence-corrected chi connectivity index (χ2v) is 8.16. The first-order valence-corrected chi connectivity index (χ1v) is 8.15. The van der Waals surface area contributed by atoms with E-state index in [0.29, 0.717) is 12.4 Å². The molecule has 0 fully saturated rings. The molecule has 0 heterocycles. The molecule has 0 saturated heterocycles. The number of hydrogen-bond donors (Lipinski definition) is 0. The third kappa shape index (κ3) is 5.04. The van der Waals surface area contributed by atoms with Crippen LogP contribution in [-0.4, -0.2) is 15.0 Å². The van der Waals surface area contributed by atoms with Crippen LogP contribution < -0.4 is 4.74 Å². The summed E-state index contributed by atoms with van der Waals surface area (Å²) in [5, 5.41) is 0.241. The molecular formula is C12H16Cl2O3S. The van der Waals surface area contributed by atoms with Crippen molar-refractivity contribution in [2.75, 3.05) is 6.61 Å². The van der Waals surface area contributed by atoms with Gasteiger partial charge in [0, 0.05) is 10.7 Å². The Hall–Kier alpha value is -0.450.